The first-order valence-corrected chi connectivity index (χ1v) is 6.57. The Balaban J connectivity index is -0.0000000655. The summed E-state index contributed by atoms with van der Waals surface area (Å²) >= 11 is 0. The van der Waals surface area contributed by atoms with Gasteiger partial charge in [0.05, 0.1) is 0 Å². The maximum Gasteiger partial charge on any atom is -0.159 e. The lowest BCUT2D eigenvalue weighted by molar-refractivity contribution is -0.434. The SMILES string of the molecule is O.O=P([O-])([O-])[O-].O=P([O-])([O-])[O-].O=P([O-])([O-])[O-]. The molecule has 0 radical (unpaired) electrons. The molecule has 0 aromatic carbocycles. The summed E-state index contributed by atoms with van der Waals surface area (Å²) in [5, 5.41) is 0. The molecule has 0 atom stereocenters. The first-order valence-electron chi connectivity index (χ1n) is 2.19. The molecule has 0 fully saturated rings. The van der Waals surface area contributed by atoms with Crippen molar-refractivity contribution in [3.8, 4) is 0 Å². The van der Waals surface area contributed by atoms with Crippen LogP contribution in [0.2, 0.25) is 0 Å². The molecule has 0 unspecified atom stereocenters. The largest absolute Gasteiger partial charge is 0.822 e. The zero-order valence-corrected chi connectivity index (χ0v) is 9.42. The quantitative estimate of drug-likeness (QED) is 0.376. The molecule has 0 bridgehead atoms. The molecule has 0 rings (SSSR count). The average Bonchev–Trinajstić information content (AvgIpc) is 1.41. The number of rotatable bonds is 0. The van der Waals surface area contributed by atoms with Crippen LogP contribution in [0.5, 0.6) is 0 Å². The van der Waals surface area contributed by atoms with Gasteiger partial charge in [-0.2, -0.15) is 23.5 Å². The molecule has 104 valence electrons. The fourth-order valence-electron chi connectivity index (χ4n) is 0. The minimum atomic E-state index is -5.39. The summed E-state index contributed by atoms with van der Waals surface area (Å²) in [5.74, 6) is 0. The summed E-state index contributed by atoms with van der Waals surface area (Å²) in [5.41, 5.74) is 0. The predicted molar refractivity (Wildman–Crippen MR) is 26.4 cm³/mol. The van der Waals surface area contributed by atoms with Gasteiger partial charge in [0.2, 0.25) is 0 Å². The van der Waals surface area contributed by atoms with Crippen molar-refractivity contribution in [2.75, 3.05) is 0 Å². The van der Waals surface area contributed by atoms with Gasteiger partial charge in [-0.1, -0.05) is 0 Å². The molecule has 2 N–H and O–H groups in total. The Morgan fingerprint density at radius 3 is 0.438 bits per heavy atom. The van der Waals surface area contributed by atoms with Gasteiger partial charge in [0.15, 0.2) is 0 Å². The third-order valence-corrected chi connectivity index (χ3v) is 0. The van der Waals surface area contributed by atoms with Crippen molar-refractivity contribution in [2.45, 2.75) is 0 Å². The third-order valence-electron chi connectivity index (χ3n) is 0. The van der Waals surface area contributed by atoms with Gasteiger partial charge in [-0.25, -0.2) is 0 Å². The van der Waals surface area contributed by atoms with Crippen molar-refractivity contribution in [3.05, 3.63) is 0 Å². The molecule has 0 amide bonds. The van der Waals surface area contributed by atoms with Gasteiger partial charge in [0.1, 0.15) is 0 Å². The average molecular weight is 303 g/mol. The second-order valence-electron chi connectivity index (χ2n) is 1.34. The lowest BCUT2D eigenvalue weighted by atomic mass is 15.8. The van der Waals surface area contributed by atoms with Crippen LogP contribution in [0.3, 0.4) is 0 Å². The molecule has 0 aromatic heterocycles. The summed E-state index contributed by atoms with van der Waals surface area (Å²) < 4.78 is 25.6. The lowest BCUT2D eigenvalue weighted by Crippen LogP contribution is -2.24. The highest BCUT2D eigenvalue weighted by Crippen LogP contribution is 2.04. The van der Waals surface area contributed by atoms with E-state index in [1.54, 1.807) is 0 Å². The van der Waals surface area contributed by atoms with Crippen molar-refractivity contribution in [2.24, 2.45) is 0 Å². The highest BCUT2D eigenvalue weighted by Gasteiger charge is 1.45. The fourth-order valence-corrected chi connectivity index (χ4v) is 0. The second-order valence-corrected chi connectivity index (χ2v) is 4.02. The summed E-state index contributed by atoms with van der Waals surface area (Å²) in [6.45, 7) is 0. The van der Waals surface area contributed by atoms with Crippen LogP contribution in [0.15, 0.2) is 0 Å². The van der Waals surface area contributed by atoms with Crippen LogP contribution in [-0.2, 0) is 13.7 Å². The Kier molecular flexibility index (Phi) is 14.7. The lowest BCUT2D eigenvalue weighted by Gasteiger charge is -2.36. The first-order chi connectivity index (χ1) is 6.00. The molecule has 0 aliphatic rings. The molecule has 0 aromatic rings. The summed E-state index contributed by atoms with van der Waals surface area (Å²) in [6.07, 6.45) is 0. The van der Waals surface area contributed by atoms with E-state index in [9.17, 15) is 0 Å². The number of phosphoric acid groups is 3. The molecule has 0 aliphatic heterocycles. The molecular formula is H2O13P3-9. The highest BCUT2D eigenvalue weighted by atomic mass is 31.2. The van der Waals surface area contributed by atoms with E-state index in [-0.39, 0.29) is 5.48 Å². The number of hydrogen-bond acceptors (Lipinski definition) is 12. The zero-order chi connectivity index (χ0) is 13.5. The maximum atomic E-state index is 8.55. The molecule has 0 heterocycles. The second kappa shape index (κ2) is 9.33. The van der Waals surface area contributed by atoms with Gasteiger partial charge in [0.25, 0.3) is 0 Å². The van der Waals surface area contributed by atoms with E-state index in [2.05, 4.69) is 0 Å². The zero-order valence-electron chi connectivity index (χ0n) is 6.74. The Bertz CT molecular complexity index is 197. The summed E-state index contributed by atoms with van der Waals surface area (Å²) in [6, 6.07) is 0. The maximum absolute atomic E-state index is 8.55. The highest BCUT2D eigenvalue weighted by molar-refractivity contribution is 7.40. The van der Waals surface area contributed by atoms with Crippen LogP contribution in [0.25, 0.3) is 0 Å². The standard InChI is InChI=1S/3H3O4P.H2O/c3*1-5(2,3)4;/h3*(H3,1,2,3,4);1H2/p-9. The van der Waals surface area contributed by atoms with Crippen molar-refractivity contribution in [1.82, 2.24) is 0 Å². The Hall–Kier alpha value is 0.290. The van der Waals surface area contributed by atoms with Gasteiger partial charge in [-0.15, -0.1) is 0 Å². The minimum absolute atomic E-state index is 0. The summed E-state index contributed by atoms with van der Waals surface area (Å²) in [7, 11) is -16.2. The van der Waals surface area contributed by atoms with Crippen LogP contribution in [0.4, 0.5) is 0 Å². The smallest absolute Gasteiger partial charge is 0.159 e. The minimum Gasteiger partial charge on any atom is -0.822 e. The van der Waals surface area contributed by atoms with E-state index in [0.29, 0.717) is 0 Å². The topological polar surface area (TPSA) is 290 Å². The van der Waals surface area contributed by atoms with E-state index in [1.807, 2.05) is 0 Å². The van der Waals surface area contributed by atoms with Crippen LogP contribution >= 0.6 is 23.5 Å². The predicted octanol–water partition coefficient (Wildman–Crippen LogP) is -9.30. The van der Waals surface area contributed by atoms with Gasteiger partial charge in [-0.05, 0) is 0 Å². The van der Waals surface area contributed by atoms with Crippen LogP contribution in [-0.4, -0.2) is 5.48 Å². The van der Waals surface area contributed by atoms with Crippen molar-refractivity contribution >= 4 is 23.5 Å². The van der Waals surface area contributed by atoms with E-state index >= 15 is 0 Å². The van der Waals surface area contributed by atoms with E-state index < -0.39 is 23.5 Å². The molecule has 16 heavy (non-hydrogen) atoms. The van der Waals surface area contributed by atoms with Gasteiger partial charge >= 0.3 is 0 Å². The summed E-state index contributed by atoms with van der Waals surface area (Å²) in [4.78, 5) is 76.9. The molecular weight excluding hydrogens is 301 g/mol. The van der Waals surface area contributed by atoms with Crippen LogP contribution in [0.1, 0.15) is 0 Å². The van der Waals surface area contributed by atoms with E-state index in [0.717, 1.165) is 0 Å². The van der Waals surface area contributed by atoms with Gasteiger partial charge < -0.3 is 63.2 Å². The Morgan fingerprint density at radius 1 is 0.438 bits per heavy atom. The molecule has 0 aliphatic carbocycles. The van der Waals surface area contributed by atoms with Crippen LogP contribution in [0, 0.1) is 0 Å². The Morgan fingerprint density at radius 2 is 0.438 bits per heavy atom. The molecule has 0 saturated carbocycles. The monoisotopic (exact) mass is 303 g/mol. The van der Waals surface area contributed by atoms with Crippen molar-refractivity contribution in [1.29, 1.82) is 0 Å². The fraction of sp³-hybridized carbons (Fsp3) is 0. The van der Waals surface area contributed by atoms with E-state index in [4.69, 9.17) is 57.7 Å². The van der Waals surface area contributed by atoms with Gasteiger partial charge in [-0.3, -0.25) is 0 Å². The first kappa shape index (κ1) is 25.2. The number of hydrogen-bond donors (Lipinski definition) is 0. The van der Waals surface area contributed by atoms with Gasteiger partial charge in [0, 0.05) is 0 Å². The third kappa shape index (κ3) is 30000. The van der Waals surface area contributed by atoms with Crippen LogP contribution < -0.4 is 44.0 Å². The van der Waals surface area contributed by atoms with Crippen molar-refractivity contribution < 1.29 is 63.2 Å². The Labute approximate surface area is 87.7 Å². The molecule has 13 nitrogen and oxygen atoms in total. The van der Waals surface area contributed by atoms with Crippen molar-refractivity contribution in [3.63, 3.8) is 0 Å². The molecule has 16 heteroatoms. The molecule has 0 saturated heterocycles. The normalized spacial score (nSPS) is 11.1. The van der Waals surface area contributed by atoms with E-state index in [1.165, 1.54) is 0 Å². The molecule has 0 spiro atoms.